The van der Waals surface area contributed by atoms with Crippen molar-refractivity contribution in [2.45, 2.75) is 18.7 Å². The molecule has 0 spiro atoms. The van der Waals surface area contributed by atoms with Crippen LogP contribution in [-0.4, -0.2) is 48.1 Å². The Kier molecular flexibility index (Phi) is 6.84. The molecule has 0 fully saturated rings. The van der Waals surface area contributed by atoms with Gasteiger partial charge in [-0.2, -0.15) is 4.58 Å². The standard InChI is InChI=1S/C25H24N2O5S/c1-4-31-20-9-7-16(12-21(20)30-3)13-23-25(29)27(2)19-14-17(8-10-22(19)33-23)24(28)26-15-18-6-5-11-32-18/h5-14,22H,4,15H2,1-3H3/p+1/b23-13+. The van der Waals surface area contributed by atoms with Gasteiger partial charge in [0.2, 0.25) is 5.71 Å². The maximum absolute atomic E-state index is 13.1. The quantitative estimate of drug-likeness (QED) is 0.498. The molecule has 2 heterocycles. The van der Waals surface area contributed by atoms with E-state index in [1.54, 1.807) is 49.3 Å². The van der Waals surface area contributed by atoms with Crippen LogP contribution in [0.4, 0.5) is 0 Å². The zero-order valence-corrected chi connectivity index (χ0v) is 19.5. The van der Waals surface area contributed by atoms with E-state index in [-0.39, 0.29) is 17.1 Å². The molecule has 8 heteroatoms. The molecule has 2 aromatic rings. The Morgan fingerprint density at radius 2 is 2.15 bits per heavy atom. The van der Waals surface area contributed by atoms with Crippen LogP contribution in [0.5, 0.6) is 11.5 Å². The Morgan fingerprint density at radius 3 is 2.88 bits per heavy atom. The van der Waals surface area contributed by atoms with Crippen molar-refractivity contribution in [2.75, 3.05) is 20.8 Å². The van der Waals surface area contributed by atoms with Gasteiger partial charge in [0, 0.05) is 11.6 Å². The van der Waals surface area contributed by atoms with E-state index in [4.69, 9.17) is 13.9 Å². The van der Waals surface area contributed by atoms with Gasteiger partial charge < -0.3 is 19.2 Å². The second-order valence-electron chi connectivity index (χ2n) is 7.40. The predicted octanol–water partition coefficient (Wildman–Crippen LogP) is 3.57. The van der Waals surface area contributed by atoms with Crippen molar-refractivity contribution in [1.29, 1.82) is 0 Å². The number of hydrogen-bond acceptors (Lipinski definition) is 6. The summed E-state index contributed by atoms with van der Waals surface area (Å²) in [6, 6.07) is 9.16. The van der Waals surface area contributed by atoms with Crippen molar-refractivity contribution in [3.63, 3.8) is 0 Å². The van der Waals surface area contributed by atoms with E-state index in [2.05, 4.69) is 5.32 Å². The molecule has 33 heavy (non-hydrogen) atoms. The first-order valence-corrected chi connectivity index (χ1v) is 11.4. The van der Waals surface area contributed by atoms with Gasteiger partial charge in [-0.05, 0) is 42.8 Å². The molecule has 1 aromatic heterocycles. The summed E-state index contributed by atoms with van der Waals surface area (Å²) in [6.45, 7) is 2.76. The summed E-state index contributed by atoms with van der Waals surface area (Å²) >= 11 is 1.46. The first-order valence-electron chi connectivity index (χ1n) is 10.5. The van der Waals surface area contributed by atoms with Crippen molar-refractivity contribution < 1.29 is 28.1 Å². The average molecular weight is 466 g/mol. The molecule has 1 aliphatic carbocycles. The first-order chi connectivity index (χ1) is 16.0. The van der Waals surface area contributed by atoms with Crippen LogP contribution >= 0.6 is 11.8 Å². The summed E-state index contributed by atoms with van der Waals surface area (Å²) in [4.78, 5) is 26.2. The van der Waals surface area contributed by atoms with Crippen LogP contribution in [0.2, 0.25) is 0 Å². The Hall–Kier alpha value is -3.52. The van der Waals surface area contributed by atoms with E-state index >= 15 is 0 Å². The largest absolute Gasteiger partial charge is 0.493 e. The van der Waals surface area contributed by atoms with E-state index < -0.39 is 0 Å². The number of thioether (sulfide) groups is 1. The fourth-order valence-corrected chi connectivity index (χ4v) is 4.78. The molecule has 7 nitrogen and oxygen atoms in total. The smallest absolute Gasteiger partial charge is 0.425 e. The Labute approximate surface area is 196 Å². The summed E-state index contributed by atoms with van der Waals surface area (Å²) < 4.78 is 17.8. The third-order valence-corrected chi connectivity index (χ3v) is 6.45. The number of carbonyl (C=O) groups is 2. The highest BCUT2D eigenvalue weighted by Crippen LogP contribution is 2.35. The minimum atomic E-state index is -0.220. The Balaban J connectivity index is 1.54. The summed E-state index contributed by atoms with van der Waals surface area (Å²) in [7, 11) is 3.32. The fourth-order valence-electron chi connectivity index (χ4n) is 3.56. The lowest BCUT2D eigenvalue weighted by atomic mass is 10.0. The summed E-state index contributed by atoms with van der Waals surface area (Å²) in [5.74, 6) is 1.61. The topological polar surface area (TPSA) is 80.8 Å². The molecule has 1 aliphatic heterocycles. The lowest BCUT2D eigenvalue weighted by Gasteiger charge is -2.21. The first kappa shape index (κ1) is 22.7. The van der Waals surface area contributed by atoms with Crippen molar-refractivity contribution in [2.24, 2.45) is 0 Å². The number of rotatable bonds is 7. The molecule has 1 N–H and O–H groups in total. The molecule has 1 unspecified atom stereocenters. The number of likely N-dealkylation sites (N-methyl/N-ethyl adjacent to an activating group) is 1. The maximum atomic E-state index is 13.1. The molecule has 0 radical (unpaired) electrons. The normalized spacial score (nSPS) is 18.8. The van der Waals surface area contributed by atoms with E-state index in [0.29, 0.717) is 40.9 Å². The number of amides is 2. The lowest BCUT2D eigenvalue weighted by molar-refractivity contribution is -0.413. The van der Waals surface area contributed by atoms with Gasteiger partial charge in [-0.15, -0.1) is 0 Å². The van der Waals surface area contributed by atoms with Crippen molar-refractivity contribution in [3.05, 3.63) is 76.6 Å². The maximum Gasteiger partial charge on any atom is 0.425 e. The number of benzene rings is 1. The Bertz CT molecular complexity index is 1190. The van der Waals surface area contributed by atoms with Crippen LogP contribution in [0.25, 0.3) is 6.08 Å². The molecule has 0 bridgehead atoms. The average Bonchev–Trinajstić information content (AvgIpc) is 3.35. The number of nitrogens with zero attached hydrogens (tertiary/aromatic N) is 1. The summed E-state index contributed by atoms with van der Waals surface area (Å²) in [6.07, 6.45) is 8.92. The van der Waals surface area contributed by atoms with Crippen LogP contribution in [-0.2, 0) is 16.1 Å². The highest BCUT2D eigenvalue weighted by atomic mass is 32.2. The number of ether oxygens (including phenoxy) is 2. The van der Waals surface area contributed by atoms with Crippen LogP contribution in [0.15, 0.2) is 69.7 Å². The van der Waals surface area contributed by atoms with Crippen molar-refractivity contribution in [3.8, 4) is 11.5 Å². The van der Waals surface area contributed by atoms with Gasteiger partial charge in [0.15, 0.2) is 11.5 Å². The molecule has 2 amide bonds. The van der Waals surface area contributed by atoms with Crippen molar-refractivity contribution >= 4 is 35.4 Å². The molecular weight excluding hydrogens is 440 g/mol. The minimum absolute atomic E-state index is 0.0647. The van der Waals surface area contributed by atoms with Gasteiger partial charge in [-0.3, -0.25) is 4.79 Å². The van der Waals surface area contributed by atoms with Crippen molar-refractivity contribution in [1.82, 2.24) is 5.32 Å². The second-order valence-corrected chi connectivity index (χ2v) is 8.58. The molecule has 1 aromatic carbocycles. The predicted molar refractivity (Wildman–Crippen MR) is 127 cm³/mol. The van der Waals surface area contributed by atoms with Crippen LogP contribution < -0.4 is 14.8 Å². The number of furan rings is 1. The fraction of sp³-hybridized carbons (Fsp3) is 0.240. The van der Waals surface area contributed by atoms with E-state index in [0.717, 1.165) is 11.3 Å². The molecule has 170 valence electrons. The van der Waals surface area contributed by atoms with Crippen LogP contribution in [0, 0.1) is 0 Å². The molecule has 1 atom stereocenters. The zero-order chi connectivity index (χ0) is 23.4. The molecule has 4 rings (SSSR count). The van der Waals surface area contributed by atoms with E-state index in [1.165, 1.54) is 11.8 Å². The summed E-state index contributed by atoms with van der Waals surface area (Å²) in [5.41, 5.74) is 2.12. The van der Waals surface area contributed by atoms with Gasteiger partial charge in [0.1, 0.15) is 23.0 Å². The molecule has 0 saturated carbocycles. The minimum Gasteiger partial charge on any atom is -0.493 e. The van der Waals surface area contributed by atoms with Crippen LogP contribution in [0.3, 0.4) is 0 Å². The zero-order valence-electron chi connectivity index (χ0n) is 18.7. The van der Waals surface area contributed by atoms with Gasteiger partial charge in [-0.1, -0.05) is 30.0 Å². The summed E-state index contributed by atoms with van der Waals surface area (Å²) in [5, 5.41) is 2.77. The molecule has 2 aliphatic rings. The van der Waals surface area contributed by atoms with E-state index in [9.17, 15) is 9.59 Å². The third kappa shape index (κ3) is 4.96. The second kappa shape index (κ2) is 9.95. The third-order valence-electron chi connectivity index (χ3n) is 5.25. The van der Waals surface area contributed by atoms with Gasteiger partial charge in [0.25, 0.3) is 5.91 Å². The number of fused-ring (bicyclic) bond motifs is 1. The lowest BCUT2D eigenvalue weighted by Crippen LogP contribution is -2.37. The van der Waals surface area contributed by atoms with E-state index in [1.807, 2.05) is 37.3 Å². The number of carbonyl (C=O) groups excluding carboxylic acids is 2. The van der Waals surface area contributed by atoms with Gasteiger partial charge in [-0.25, -0.2) is 4.79 Å². The molecular formula is C25H25N2O5S+. The highest BCUT2D eigenvalue weighted by Gasteiger charge is 2.38. The van der Waals surface area contributed by atoms with Crippen LogP contribution in [0.1, 0.15) is 18.2 Å². The number of hydrogen-bond donors (Lipinski definition) is 1. The highest BCUT2D eigenvalue weighted by molar-refractivity contribution is 8.05. The Morgan fingerprint density at radius 1 is 1.30 bits per heavy atom. The van der Waals surface area contributed by atoms with Gasteiger partial charge in [0.05, 0.1) is 26.5 Å². The SMILES string of the molecule is CCOc1ccc(/C=C2/SC3C=CC(C(=O)NCc4ccco4)=CC3=[N+](C)C2=O)cc1OC. The number of nitrogens with one attached hydrogen (secondary N) is 1. The monoisotopic (exact) mass is 465 g/mol. The molecule has 0 saturated heterocycles. The number of methoxy groups -OCH3 is 1. The number of allylic oxidation sites excluding steroid dienone is 1. The van der Waals surface area contributed by atoms with Gasteiger partial charge >= 0.3 is 5.91 Å².